The Morgan fingerprint density at radius 3 is 2.70 bits per heavy atom. The normalized spacial score (nSPS) is 22.1. The highest BCUT2D eigenvalue weighted by Crippen LogP contribution is 2.24. The molecule has 1 atom stereocenters. The molecular weight excluding hydrogens is 290 g/mol. The molecule has 1 saturated heterocycles. The second-order valence-corrected chi connectivity index (χ2v) is 6.57. The number of rotatable bonds is 4. The van der Waals surface area contributed by atoms with Crippen molar-refractivity contribution in [2.24, 2.45) is 11.8 Å². The molecule has 0 N–H and O–H groups in total. The topological polar surface area (TPSA) is 55.3 Å². The van der Waals surface area contributed by atoms with E-state index in [4.69, 9.17) is 4.74 Å². The fraction of sp³-hybridized carbons (Fsp3) is 0.611. The van der Waals surface area contributed by atoms with E-state index in [1.54, 1.807) is 0 Å². The number of carbonyl (C=O) groups is 1. The van der Waals surface area contributed by atoms with E-state index in [2.05, 4.69) is 22.3 Å². The van der Waals surface area contributed by atoms with E-state index >= 15 is 0 Å². The van der Waals surface area contributed by atoms with Gasteiger partial charge in [0.2, 0.25) is 11.8 Å². The Morgan fingerprint density at radius 2 is 2.04 bits per heavy atom. The number of hydrogen-bond acceptors (Lipinski definition) is 4. The Labute approximate surface area is 137 Å². The number of carbonyl (C=O) groups excluding carboxylic acids is 1. The molecule has 5 nitrogen and oxygen atoms in total. The summed E-state index contributed by atoms with van der Waals surface area (Å²) in [6, 6.07) is 3.76. The summed E-state index contributed by atoms with van der Waals surface area (Å²) in [5, 5.41) is 8.02. The molecule has 1 unspecified atom stereocenters. The summed E-state index contributed by atoms with van der Waals surface area (Å²) in [6.45, 7) is 4.27. The van der Waals surface area contributed by atoms with Crippen LogP contribution in [0.25, 0.3) is 0 Å². The van der Waals surface area contributed by atoms with Crippen LogP contribution in [0.4, 0.5) is 0 Å². The van der Waals surface area contributed by atoms with Crippen molar-refractivity contribution in [3.63, 3.8) is 0 Å². The van der Waals surface area contributed by atoms with E-state index in [-0.39, 0.29) is 5.92 Å². The van der Waals surface area contributed by atoms with Crippen LogP contribution in [0, 0.1) is 18.8 Å². The quantitative estimate of drug-likeness (QED) is 0.802. The minimum absolute atomic E-state index is 0.204. The zero-order valence-corrected chi connectivity index (χ0v) is 13.8. The summed E-state index contributed by atoms with van der Waals surface area (Å²) in [4.78, 5) is 14.6. The van der Waals surface area contributed by atoms with Crippen LogP contribution in [0.5, 0.6) is 5.88 Å². The Balaban J connectivity index is 1.42. The number of amides is 1. The number of hydrogen-bond donors (Lipinski definition) is 0. The lowest BCUT2D eigenvalue weighted by Gasteiger charge is -2.34. The van der Waals surface area contributed by atoms with Gasteiger partial charge in [-0.2, -0.15) is 5.10 Å². The van der Waals surface area contributed by atoms with Crippen LogP contribution >= 0.6 is 0 Å². The number of allylic oxidation sites excluding steroid dienone is 2. The van der Waals surface area contributed by atoms with Crippen LogP contribution in [-0.4, -0.2) is 40.7 Å². The average Bonchev–Trinajstić information content (AvgIpc) is 2.62. The molecule has 0 spiro atoms. The molecule has 0 saturated carbocycles. The molecule has 1 aromatic rings. The first-order valence-corrected chi connectivity index (χ1v) is 8.59. The average molecular weight is 315 g/mol. The maximum Gasteiger partial charge on any atom is 0.233 e. The van der Waals surface area contributed by atoms with Crippen LogP contribution in [0.3, 0.4) is 0 Å². The van der Waals surface area contributed by atoms with Gasteiger partial charge in [0.05, 0.1) is 12.3 Å². The van der Waals surface area contributed by atoms with Crippen LogP contribution in [0.1, 0.15) is 37.8 Å². The van der Waals surface area contributed by atoms with E-state index in [1.165, 1.54) is 0 Å². The van der Waals surface area contributed by atoms with E-state index in [1.807, 2.05) is 24.0 Å². The van der Waals surface area contributed by atoms with Gasteiger partial charge in [0.15, 0.2) is 0 Å². The third-order valence-corrected chi connectivity index (χ3v) is 4.78. The molecule has 23 heavy (non-hydrogen) atoms. The largest absolute Gasteiger partial charge is 0.476 e. The van der Waals surface area contributed by atoms with Crippen LogP contribution in [0.15, 0.2) is 24.3 Å². The number of aryl methyl sites for hydroxylation is 1. The van der Waals surface area contributed by atoms with Gasteiger partial charge in [0.1, 0.15) is 0 Å². The van der Waals surface area contributed by atoms with Crippen molar-refractivity contribution in [2.45, 2.75) is 39.0 Å². The van der Waals surface area contributed by atoms with Crippen LogP contribution in [0.2, 0.25) is 0 Å². The summed E-state index contributed by atoms with van der Waals surface area (Å²) in [7, 11) is 0. The minimum Gasteiger partial charge on any atom is -0.476 e. The van der Waals surface area contributed by atoms with Gasteiger partial charge >= 0.3 is 0 Å². The predicted molar refractivity (Wildman–Crippen MR) is 88.0 cm³/mol. The molecule has 1 fully saturated rings. The van der Waals surface area contributed by atoms with Crippen molar-refractivity contribution in [1.82, 2.24) is 15.1 Å². The summed E-state index contributed by atoms with van der Waals surface area (Å²) in [5.41, 5.74) is 0.890. The van der Waals surface area contributed by atoms with Gasteiger partial charge in [-0.1, -0.05) is 12.2 Å². The summed E-state index contributed by atoms with van der Waals surface area (Å²) in [5.74, 6) is 1.63. The highest BCUT2D eigenvalue weighted by atomic mass is 16.5. The van der Waals surface area contributed by atoms with Crippen molar-refractivity contribution in [3.8, 4) is 5.88 Å². The molecule has 2 aliphatic rings. The number of piperidine rings is 1. The van der Waals surface area contributed by atoms with Gasteiger partial charge in [0.25, 0.3) is 0 Å². The lowest BCUT2D eigenvalue weighted by Crippen LogP contribution is -2.42. The Bertz CT molecular complexity index is 548. The molecule has 3 rings (SSSR count). The van der Waals surface area contributed by atoms with E-state index in [0.717, 1.165) is 50.9 Å². The van der Waals surface area contributed by atoms with Crippen molar-refractivity contribution < 1.29 is 9.53 Å². The Kier molecular flexibility index (Phi) is 5.26. The number of nitrogens with zero attached hydrogens (tertiary/aromatic N) is 3. The fourth-order valence-corrected chi connectivity index (χ4v) is 3.26. The minimum atomic E-state index is 0.204. The van der Waals surface area contributed by atoms with Gasteiger partial charge in [0, 0.05) is 25.1 Å². The third-order valence-electron chi connectivity index (χ3n) is 4.78. The highest BCUT2D eigenvalue weighted by Gasteiger charge is 2.28. The van der Waals surface area contributed by atoms with Gasteiger partial charge in [-0.25, -0.2) is 0 Å². The van der Waals surface area contributed by atoms with Gasteiger partial charge in [-0.3, -0.25) is 4.79 Å². The van der Waals surface area contributed by atoms with E-state index in [0.29, 0.717) is 24.3 Å². The zero-order chi connectivity index (χ0) is 16.1. The SMILES string of the molecule is Cc1ccc(OCC2CCN(C(=O)C3CC=CCC3)CC2)nn1. The molecule has 1 amide bonds. The van der Waals surface area contributed by atoms with Crippen LogP contribution < -0.4 is 4.74 Å². The second-order valence-electron chi connectivity index (χ2n) is 6.57. The molecule has 1 aliphatic carbocycles. The molecular formula is C18H25N3O2. The van der Waals surface area contributed by atoms with Crippen molar-refractivity contribution >= 4 is 5.91 Å². The Hall–Kier alpha value is -1.91. The predicted octanol–water partition coefficient (Wildman–Crippen LogP) is 2.76. The first-order valence-electron chi connectivity index (χ1n) is 8.59. The lowest BCUT2D eigenvalue weighted by molar-refractivity contribution is -0.137. The standard InChI is InChI=1S/C18H25N3O2/c1-14-7-8-17(20-19-14)23-13-15-9-11-21(12-10-15)18(22)16-5-3-2-4-6-16/h2-3,7-8,15-16H,4-6,9-13H2,1H3. The monoisotopic (exact) mass is 315 g/mol. The maximum absolute atomic E-state index is 12.5. The molecule has 1 aromatic heterocycles. The Morgan fingerprint density at radius 1 is 1.22 bits per heavy atom. The lowest BCUT2D eigenvalue weighted by atomic mass is 9.91. The molecule has 5 heteroatoms. The second kappa shape index (κ2) is 7.57. The van der Waals surface area contributed by atoms with Crippen LogP contribution in [-0.2, 0) is 4.79 Å². The maximum atomic E-state index is 12.5. The smallest absolute Gasteiger partial charge is 0.233 e. The molecule has 124 valence electrons. The molecule has 0 radical (unpaired) electrons. The summed E-state index contributed by atoms with van der Waals surface area (Å²) in [6.07, 6.45) is 9.30. The first kappa shape index (κ1) is 16.0. The number of ether oxygens (including phenoxy) is 1. The first-order chi connectivity index (χ1) is 11.2. The highest BCUT2D eigenvalue weighted by molar-refractivity contribution is 5.79. The van der Waals surface area contributed by atoms with Crippen molar-refractivity contribution in [3.05, 3.63) is 30.0 Å². The van der Waals surface area contributed by atoms with E-state index < -0.39 is 0 Å². The molecule has 0 aromatic carbocycles. The van der Waals surface area contributed by atoms with Gasteiger partial charge in [-0.15, -0.1) is 5.10 Å². The van der Waals surface area contributed by atoms with Crippen molar-refractivity contribution in [2.75, 3.05) is 19.7 Å². The molecule has 1 aliphatic heterocycles. The zero-order valence-electron chi connectivity index (χ0n) is 13.8. The fourth-order valence-electron chi connectivity index (χ4n) is 3.26. The van der Waals surface area contributed by atoms with Gasteiger partial charge < -0.3 is 9.64 Å². The number of aromatic nitrogens is 2. The summed E-state index contributed by atoms with van der Waals surface area (Å²) >= 11 is 0. The van der Waals surface area contributed by atoms with Gasteiger partial charge in [-0.05, 0) is 51.0 Å². The van der Waals surface area contributed by atoms with Crippen molar-refractivity contribution in [1.29, 1.82) is 0 Å². The third kappa shape index (κ3) is 4.30. The molecule has 2 heterocycles. The molecule has 0 bridgehead atoms. The van der Waals surface area contributed by atoms with E-state index in [9.17, 15) is 4.79 Å². The number of likely N-dealkylation sites (tertiary alicyclic amines) is 1. The summed E-state index contributed by atoms with van der Waals surface area (Å²) < 4.78 is 5.73.